The first-order chi connectivity index (χ1) is 13.0. The Balaban J connectivity index is 1.48. The summed E-state index contributed by atoms with van der Waals surface area (Å²) >= 11 is 1.66. The number of benzene rings is 1. The predicted molar refractivity (Wildman–Crippen MR) is 108 cm³/mol. The summed E-state index contributed by atoms with van der Waals surface area (Å²) in [7, 11) is 1.95. The molecule has 0 fully saturated rings. The summed E-state index contributed by atoms with van der Waals surface area (Å²) < 4.78 is 5.46. The fourth-order valence-corrected chi connectivity index (χ4v) is 4.12. The average Bonchev–Trinajstić information content (AvgIpc) is 3.40. The maximum atomic E-state index is 12.9. The number of amides is 1. The number of fused-ring (bicyclic) bond motifs is 1. The number of aryl methyl sites for hydroxylation is 1. The largest absolute Gasteiger partial charge is 0.468 e. The highest BCUT2D eigenvalue weighted by Crippen LogP contribution is 2.33. The molecular weight excluding hydrogens is 358 g/mol. The molecule has 0 bridgehead atoms. The van der Waals surface area contributed by atoms with E-state index in [4.69, 9.17) is 4.42 Å². The Labute approximate surface area is 163 Å². The van der Waals surface area contributed by atoms with E-state index in [9.17, 15) is 4.79 Å². The number of carbonyl (C=O) groups excluding carboxylic acids is 1. The fraction of sp³-hybridized carbons (Fsp3) is 0.333. The maximum absolute atomic E-state index is 12.9. The van der Waals surface area contributed by atoms with E-state index in [1.807, 2.05) is 42.8 Å². The Morgan fingerprint density at radius 1 is 1.41 bits per heavy atom. The number of likely N-dealkylation sites (N-methyl/N-ethyl adjacent to an activating group) is 1. The number of aromatic nitrogens is 1. The van der Waals surface area contributed by atoms with Crippen LogP contribution in [-0.4, -0.2) is 35.9 Å². The molecule has 0 N–H and O–H groups in total. The van der Waals surface area contributed by atoms with Crippen LogP contribution in [0.2, 0.25) is 0 Å². The predicted octanol–water partition coefficient (Wildman–Crippen LogP) is 4.29. The van der Waals surface area contributed by atoms with E-state index in [0.717, 1.165) is 40.7 Å². The number of hydrogen-bond acceptors (Lipinski definition) is 5. The van der Waals surface area contributed by atoms with Gasteiger partial charge in [-0.15, -0.1) is 11.3 Å². The quantitative estimate of drug-likeness (QED) is 0.661. The Bertz CT molecular complexity index is 948. The molecule has 1 amide bonds. The first-order valence-electron chi connectivity index (χ1n) is 9.12. The smallest absolute Gasteiger partial charge is 0.241 e. The number of anilines is 1. The van der Waals surface area contributed by atoms with E-state index in [2.05, 4.69) is 28.6 Å². The van der Waals surface area contributed by atoms with Crippen LogP contribution >= 0.6 is 11.3 Å². The highest BCUT2D eigenvalue weighted by atomic mass is 32.1. The van der Waals surface area contributed by atoms with Gasteiger partial charge >= 0.3 is 0 Å². The van der Waals surface area contributed by atoms with E-state index in [1.54, 1.807) is 17.6 Å². The number of carbonyl (C=O) groups is 1. The molecule has 0 radical (unpaired) electrons. The minimum Gasteiger partial charge on any atom is -0.468 e. The number of thiazole rings is 1. The van der Waals surface area contributed by atoms with Gasteiger partial charge in [0, 0.05) is 23.2 Å². The number of rotatable bonds is 5. The molecule has 0 saturated carbocycles. The molecule has 1 aliphatic rings. The van der Waals surface area contributed by atoms with Crippen LogP contribution < -0.4 is 4.90 Å². The lowest BCUT2D eigenvalue weighted by Gasteiger charge is -2.25. The van der Waals surface area contributed by atoms with Gasteiger partial charge in [-0.2, -0.15) is 0 Å². The van der Waals surface area contributed by atoms with Gasteiger partial charge in [0.2, 0.25) is 5.91 Å². The van der Waals surface area contributed by atoms with Crippen LogP contribution in [0.15, 0.2) is 46.4 Å². The van der Waals surface area contributed by atoms with E-state index < -0.39 is 0 Å². The van der Waals surface area contributed by atoms with Gasteiger partial charge < -0.3 is 9.32 Å². The van der Waals surface area contributed by atoms with E-state index in [0.29, 0.717) is 6.54 Å². The van der Waals surface area contributed by atoms with E-state index in [-0.39, 0.29) is 11.9 Å². The van der Waals surface area contributed by atoms with Crippen LogP contribution in [0.4, 0.5) is 5.69 Å². The van der Waals surface area contributed by atoms with Crippen LogP contribution in [0.3, 0.4) is 0 Å². The van der Waals surface area contributed by atoms with Crippen molar-refractivity contribution in [3.63, 3.8) is 0 Å². The molecule has 1 aliphatic heterocycles. The highest BCUT2D eigenvalue weighted by molar-refractivity contribution is 7.09. The number of furan rings is 1. The minimum absolute atomic E-state index is 0.0568. The van der Waals surface area contributed by atoms with Crippen molar-refractivity contribution in [1.82, 2.24) is 9.88 Å². The summed E-state index contributed by atoms with van der Waals surface area (Å²) in [4.78, 5) is 21.4. The second kappa shape index (κ2) is 7.29. The first-order valence-corrected chi connectivity index (χ1v) is 10.0. The van der Waals surface area contributed by atoms with Gasteiger partial charge in [0.1, 0.15) is 5.76 Å². The van der Waals surface area contributed by atoms with Crippen LogP contribution in [0, 0.1) is 6.92 Å². The molecule has 0 saturated heterocycles. The van der Waals surface area contributed by atoms with Crippen molar-refractivity contribution < 1.29 is 9.21 Å². The Hall–Kier alpha value is -2.44. The van der Waals surface area contributed by atoms with Crippen molar-refractivity contribution in [1.29, 1.82) is 0 Å². The lowest BCUT2D eigenvalue weighted by Crippen LogP contribution is -2.39. The zero-order valence-corrected chi connectivity index (χ0v) is 16.6. The minimum atomic E-state index is 0.0568. The van der Waals surface area contributed by atoms with Crippen molar-refractivity contribution in [2.75, 3.05) is 25.0 Å². The molecule has 1 unspecified atom stereocenters. The standard InChI is InChI=1S/C21H23N3O2S/c1-14(20-5-4-10-26-20)23(3)12-21(25)24-9-8-17-11-16(6-7-19(17)24)18-13-27-15(2)22-18/h4-7,10-11,13-14H,8-9,12H2,1-3H3. The van der Waals surface area contributed by atoms with Gasteiger partial charge in [0.15, 0.2) is 0 Å². The van der Waals surface area contributed by atoms with E-state index >= 15 is 0 Å². The third kappa shape index (κ3) is 3.55. The second-order valence-corrected chi connectivity index (χ2v) is 8.06. The zero-order valence-electron chi connectivity index (χ0n) is 15.8. The van der Waals surface area contributed by atoms with Crippen molar-refractivity contribution >= 4 is 22.9 Å². The third-order valence-electron chi connectivity index (χ3n) is 5.19. The second-order valence-electron chi connectivity index (χ2n) is 7.00. The maximum Gasteiger partial charge on any atom is 0.241 e. The summed E-state index contributed by atoms with van der Waals surface area (Å²) in [6, 6.07) is 10.2. The molecule has 2 aromatic heterocycles. The van der Waals surface area contributed by atoms with Gasteiger partial charge in [-0.3, -0.25) is 9.69 Å². The molecule has 27 heavy (non-hydrogen) atoms. The van der Waals surface area contributed by atoms with Gasteiger partial charge in [-0.1, -0.05) is 6.07 Å². The van der Waals surface area contributed by atoms with Crippen molar-refractivity contribution in [3.8, 4) is 11.3 Å². The summed E-state index contributed by atoms with van der Waals surface area (Å²) in [5.74, 6) is 0.988. The molecule has 6 heteroatoms. The third-order valence-corrected chi connectivity index (χ3v) is 5.97. The normalized spacial score (nSPS) is 14.6. The SMILES string of the molecule is Cc1nc(-c2ccc3c(c2)CCN3C(=O)CN(C)C(C)c2ccco2)cs1. The van der Waals surface area contributed by atoms with Gasteiger partial charge in [-0.05, 0) is 57.1 Å². The fourth-order valence-electron chi connectivity index (χ4n) is 3.50. The number of nitrogens with zero attached hydrogens (tertiary/aromatic N) is 3. The average molecular weight is 382 g/mol. The summed E-state index contributed by atoms with van der Waals surface area (Å²) in [5, 5.41) is 3.15. The lowest BCUT2D eigenvalue weighted by molar-refractivity contribution is -0.119. The molecule has 3 heterocycles. The summed E-state index contributed by atoms with van der Waals surface area (Å²) in [5.41, 5.74) is 4.37. The topological polar surface area (TPSA) is 49.6 Å². The Morgan fingerprint density at radius 3 is 2.96 bits per heavy atom. The first kappa shape index (κ1) is 17.9. The van der Waals surface area contributed by atoms with Gasteiger partial charge in [0.05, 0.1) is 29.6 Å². The zero-order chi connectivity index (χ0) is 19.0. The van der Waals surface area contributed by atoms with Crippen molar-refractivity contribution in [2.45, 2.75) is 26.3 Å². The monoisotopic (exact) mass is 381 g/mol. The molecule has 0 spiro atoms. The highest BCUT2D eigenvalue weighted by Gasteiger charge is 2.27. The Morgan fingerprint density at radius 2 is 2.26 bits per heavy atom. The Kier molecular flexibility index (Phi) is 4.85. The van der Waals surface area contributed by atoms with Crippen LogP contribution in [0.25, 0.3) is 11.3 Å². The van der Waals surface area contributed by atoms with Crippen molar-refractivity contribution in [2.24, 2.45) is 0 Å². The molecule has 4 rings (SSSR count). The molecular formula is C21H23N3O2S. The number of hydrogen-bond donors (Lipinski definition) is 0. The van der Waals surface area contributed by atoms with Crippen molar-refractivity contribution in [3.05, 3.63) is 58.3 Å². The molecule has 3 aromatic rings. The summed E-state index contributed by atoms with van der Waals surface area (Å²) in [6.45, 7) is 5.15. The molecule has 5 nitrogen and oxygen atoms in total. The lowest BCUT2D eigenvalue weighted by atomic mass is 10.1. The van der Waals surface area contributed by atoms with Gasteiger partial charge in [-0.25, -0.2) is 4.98 Å². The van der Waals surface area contributed by atoms with Crippen LogP contribution in [0.1, 0.15) is 29.3 Å². The van der Waals surface area contributed by atoms with Gasteiger partial charge in [0.25, 0.3) is 0 Å². The molecule has 0 aliphatic carbocycles. The van der Waals surface area contributed by atoms with Crippen LogP contribution in [-0.2, 0) is 11.2 Å². The van der Waals surface area contributed by atoms with Crippen LogP contribution in [0.5, 0.6) is 0 Å². The molecule has 140 valence electrons. The van der Waals surface area contributed by atoms with E-state index in [1.165, 1.54) is 5.56 Å². The molecule has 1 atom stereocenters. The summed E-state index contributed by atoms with van der Waals surface area (Å²) in [6.07, 6.45) is 2.55. The molecule has 1 aromatic carbocycles.